The van der Waals surface area contributed by atoms with Gasteiger partial charge in [-0.1, -0.05) is 48.5 Å². The maximum atomic E-state index is 8.89. The maximum Gasteiger partial charge on any atom is 0.707 e. The van der Waals surface area contributed by atoms with E-state index in [1.165, 1.54) is 0 Å². The summed E-state index contributed by atoms with van der Waals surface area (Å²) in [7, 11) is -2.22. The summed E-state index contributed by atoms with van der Waals surface area (Å²) in [6, 6.07) is 11.4. The highest BCUT2D eigenvalue weighted by Gasteiger charge is 2.10. The summed E-state index contributed by atoms with van der Waals surface area (Å²) in [6.07, 6.45) is 0. The summed E-state index contributed by atoms with van der Waals surface area (Å²) in [6.45, 7) is 0. The minimum atomic E-state index is -2.22. The molecule has 4 heteroatoms. The van der Waals surface area contributed by atoms with E-state index in [0.717, 1.165) is 10.8 Å². The van der Waals surface area contributed by atoms with Crippen molar-refractivity contribution in [1.82, 2.24) is 0 Å². The molecule has 2 N–H and O–H groups in total. The largest absolute Gasteiger partial charge is 0.707 e. The molecule has 3 nitrogen and oxygen atoms in total. The van der Waals surface area contributed by atoms with Crippen LogP contribution in [0.4, 0.5) is 0 Å². The quantitative estimate of drug-likeness (QED) is 0.718. The molecule has 3 aromatic carbocycles. The first kappa shape index (κ1) is 8.79. The summed E-state index contributed by atoms with van der Waals surface area (Å²) in [5, 5.41) is 19.7. The third kappa shape index (κ3) is 2.66. The smallest absolute Gasteiger partial charge is 0.512 e. The Morgan fingerprint density at radius 2 is 1.55 bits per heavy atom. The van der Waals surface area contributed by atoms with Gasteiger partial charge in [0, 0.05) is 0 Å². The van der Waals surface area contributed by atoms with Crippen molar-refractivity contribution in [3.05, 3.63) is 66.6 Å². The molecule has 0 aliphatic carbocycles. The molecule has 0 unspecified atom stereocenters. The molecule has 0 aliphatic rings. The Morgan fingerprint density at radius 1 is 0.850 bits per heavy atom. The van der Waals surface area contributed by atoms with Gasteiger partial charge in [0.05, 0.1) is 5.48 Å². The molecule has 0 spiro atoms. The normalized spacial score (nSPS) is 13.3. The molecule has 0 amide bonds. The third-order valence-corrected chi connectivity index (χ3v) is 2.86. The zero-order valence-corrected chi connectivity index (χ0v) is 10.4. The highest BCUT2D eigenvalue weighted by Crippen LogP contribution is 2.26. The Kier molecular flexibility index (Phi) is 2.36. The van der Waals surface area contributed by atoms with Gasteiger partial charge in [0.1, 0.15) is 5.75 Å². The zero-order chi connectivity index (χ0) is 17.4. The first-order valence-electron chi connectivity index (χ1n) is 8.02. The summed E-state index contributed by atoms with van der Waals surface area (Å²) >= 11 is 0. The van der Waals surface area contributed by atoms with Crippen molar-refractivity contribution >= 4 is 18.1 Å². The van der Waals surface area contributed by atoms with Crippen molar-refractivity contribution in [2.75, 3.05) is 0 Å². The Balaban J connectivity index is 2.23. The predicted octanol–water partition coefficient (Wildman–Crippen LogP) is 2.86. The third-order valence-electron chi connectivity index (χ3n) is 2.86. The van der Waals surface area contributed by atoms with Gasteiger partial charge in [-0.25, -0.2) is 0 Å². The van der Waals surface area contributed by atoms with E-state index in [1.54, 1.807) is 12.1 Å². The predicted molar refractivity (Wildman–Crippen MR) is 80.2 cm³/mol. The molecule has 20 heavy (non-hydrogen) atoms. The lowest BCUT2D eigenvalue weighted by Gasteiger charge is -2.07. The van der Waals surface area contributed by atoms with Crippen molar-refractivity contribution < 1.29 is 20.2 Å². The van der Waals surface area contributed by atoms with Crippen LogP contribution in [0.5, 0.6) is 5.75 Å². The van der Waals surface area contributed by atoms with Crippen LogP contribution in [0.3, 0.4) is 0 Å². The van der Waals surface area contributed by atoms with Crippen LogP contribution in [-0.4, -0.2) is 17.4 Å². The Bertz CT molecular complexity index is 902. The Morgan fingerprint density at radius 3 is 2.25 bits per heavy atom. The van der Waals surface area contributed by atoms with Crippen molar-refractivity contribution in [2.45, 2.75) is 0 Å². The summed E-state index contributed by atoms with van der Waals surface area (Å²) < 4.78 is 36.7. The van der Waals surface area contributed by atoms with E-state index in [9.17, 15) is 0 Å². The molecule has 0 aliphatic heterocycles. The fourth-order valence-electron chi connectivity index (χ4n) is 1.95. The van der Waals surface area contributed by atoms with Gasteiger partial charge in [-0.15, -0.1) is 0 Å². The standard InChI is InChI=1S/C16H13BO3/c18-17(19)20-16-9-7-13(8-10-16)15-6-5-12-3-1-2-4-14(12)11-15/h1-11,18-19H/i7D,8D,9D,10D. The van der Waals surface area contributed by atoms with E-state index < -0.39 is 25.2 Å². The van der Waals surface area contributed by atoms with Crippen LogP contribution in [0.25, 0.3) is 21.9 Å². The summed E-state index contributed by atoms with van der Waals surface area (Å²) in [5.74, 6) is -0.496. The topological polar surface area (TPSA) is 49.7 Å². The van der Waals surface area contributed by atoms with Gasteiger partial charge in [0.25, 0.3) is 0 Å². The van der Waals surface area contributed by atoms with Crippen molar-refractivity contribution in [3.63, 3.8) is 0 Å². The molecule has 0 heterocycles. The monoisotopic (exact) mass is 268 g/mol. The number of hydrogen-bond acceptors (Lipinski definition) is 3. The molecular weight excluding hydrogens is 251 g/mol. The highest BCUT2D eigenvalue weighted by atomic mass is 16.6. The molecule has 0 bridgehead atoms. The van der Waals surface area contributed by atoms with E-state index in [4.69, 9.17) is 15.5 Å². The molecule has 0 fully saturated rings. The minimum Gasteiger partial charge on any atom is -0.512 e. The second-order valence-electron chi connectivity index (χ2n) is 4.21. The SMILES string of the molecule is [2H]c1c([2H])c(-c2ccc3ccccc3c2)c([2H])c([2H])c1OB(O)O. The minimum absolute atomic E-state index is 0.135. The molecule has 0 saturated carbocycles. The molecular formula is C16H13BO3. The maximum absolute atomic E-state index is 8.89. The van der Waals surface area contributed by atoms with Crippen molar-refractivity contribution in [3.8, 4) is 16.9 Å². The number of hydrogen-bond donors (Lipinski definition) is 2. The van der Waals surface area contributed by atoms with E-state index in [0.29, 0.717) is 5.56 Å². The number of rotatable bonds is 3. The average molecular weight is 268 g/mol. The van der Waals surface area contributed by atoms with Crippen LogP contribution < -0.4 is 4.65 Å². The van der Waals surface area contributed by atoms with E-state index >= 15 is 0 Å². The molecule has 3 rings (SSSR count). The molecule has 3 aromatic rings. The highest BCUT2D eigenvalue weighted by molar-refractivity contribution is 6.33. The molecule has 98 valence electrons. The fraction of sp³-hybridized carbons (Fsp3) is 0. The lowest BCUT2D eigenvalue weighted by Crippen LogP contribution is -2.20. The first-order valence-corrected chi connectivity index (χ1v) is 6.02. The van der Waals surface area contributed by atoms with Gasteiger partial charge in [-0.05, 0) is 40.1 Å². The zero-order valence-electron chi connectivity index (χ0n) is 14.4. The lowest BCUT2D eigenvalue weighted by atomic mass is 10.0. The van der Waals surface area contributed by atoms with Gasteiger partial charge >= 0.3 is 7.32 Å². The van der Waals surface area contributed by atoms with Gasteiger partial charge in [0.2, 0.25) is 0 Å². The molecule has 0 radical (unpaired) electrons. The van der Waals surface area contributed by atoms with E-state index in [1.807, 2.05) is 30.3 Å². The van der Waals surface area contributed by atoms with Gasteiger partial charge in [-0.3, -0.25) is 0 Å². The molecule has 0 aromatic heterocycles. The van der Waals surface area contributed by atoms with Crippen LogP contribution in [0.1, 0.15) is 5.48 Å². The Labute approximate surface area is 122 Å². The molecule has 0 saturated heterocycles. The van der Waals surface area contributed by atoms with Gasteiger partial charge < -0.3 is 14.7 Å². The second-order valence-corrected chi connectivity index (χ2v) is 4.21. The van der Waals surface area contributed by atoms with E-state index in [2.05, 4.69) is 4.65 Å². The van der Waals surface area contributed by atoms with Crippen LogP contribution in [0, 0.1) is 0 Å². The Hall–Kier alpha value is -2.30. The fourth-order valence-corrected chi connectivity index (χ4v) is 1.95. The van der Waals surface area contributed by atoms with Crippen LogP contribution in [0.15, 0.2) is 66.6 Å². The van der Waals surface area contributed by atoms with Gasteiger partial charge in [-0.2, -0.15) is 0 Å². The van der Waals surface area contributed by atoms with Crippen molar-refractivity contribution in [1.29, 1.82) is 0 Å². The van der Waals surface area contributed by atoms with Crippen molar-refractivity contribution in [2.24, 2.45) is 0 Å². The van der Waals surface area contributed by atoms with Gasteiger partial charge in [0.15, 0.2) is 0 Å². The lowest BCUT2D eigenvalue weighted by molar-refractivity contribution is 0.288. The summed E-state index contributed by atoms with van der Waals surface area (Å²) in [5.41, 5.74) is 0.678. The average Bonchev–Trinajstić information content (AvgIpc) is 2.57. The van der Waals surface area contributed by atoms with Crippen LogP contribution >= 0.6 is 0 Å². The van der Waals surface area contributed by atoms with Crippen LogP contribution in [-0.2, 0) is 0 Å². The molecule has 0 atom stereocenters. The van der Waals surface area contributed by atoms with Crippen LogP contribution in [0.2, 0.25) is 0 Å². The number of fused-ring (bicyclic) bond motifs is 1. The second kappa shape index (κ2) is 5.37. The van der Waals surface area contributed by atoms with E-state index in [-0.39, 0.29) is 17.6 Å². The first-order chi connectivity index (χ1) is 11.4. The number of benzene rings is 3. The summed E-state index contributed by atoms with van der Waals surface area (Å²) in [4.78, 5) is 0.